The molecular formula is C38H40N4O7. The number of nitrogens with two attached hydrogens (primary N) is 2. The van der Waals surface area contributed by atoms with Gasteiger partial charge in [0, 0.05) is 59.8 Å². The van der Waals surface area contributed by atoms with Crippen molar-refractivity contribution < 1.29 is 28.9 Å². The predicted octanol–water partition coefficient (Wildman–Crippen LogP) is 3.55. The van der Waals surface area contributed by atoms with Gasteiger partial charge in [0.15, 0.2) is 11.0 Å². The maximum atomic E-state index is 13.5. The van der Waals surface area contributed by atoms with E-state index in [0.717, 1.165) is 33.4 Å². The van der Waals surface area contributed by atoms with Crippen LogP contribution in [0, 0.1) is 5.92 Å². The number of allylic oxidation sites excluding steroid dienone is 8. The summed E-state index contributed by atoms with van der Waals surface area (Å²) < 4.78 is 19.8. The molecule has 2 bridgehead atoms. The monoisotopic (exact) mass is 664 g/mol. The fourth-order valence-electron chi connectivity index (χ4n) is 8.40. The van der Waals surface area contributed by atoms with Gasteiger partial charge < -0.3 is 46.2 Å². The Morgan fingerprint density at radius 2 is 2.00 bits per heavy atom. The van der Waals surface area contributed by atoms with Crippen molar-refractivity contribution in [1.29, 1.82) is 0 Å². The van der Waals surface area contributed by atoms with Crippen LogP contribution in [0.25, 0.3) is 11.0 Å². The summed E-state index contributed by atoms with van der Waals surface area (Å²) in [6.45, 7) is 5.45. The second-order valence-electron chi connectivity index (χ2n) is 13.8. The standard InChI is InChI=1S/C38H40N4O7/c1-4-17(2)37(46)48-28-14-24-33(45)32-27(44)13-22(16-43)47-35(32)25-10-19-7-8-41-36(40)31(19)23-6-5-18-9-20-12-29(39)42-15-21(20)11-26(30(18)23)38(28,3)49-34(24)25/h4,6-7,12-13,15,26,28-29,41-43,45H,5,8-11,14,16,39-40H2,1-3H3/b17-4-/t26-,28+,29?,38-/m0/s1. The predicted molar refractivity (Wildman–Crippen MR) is 183 cm³/mol. The number of aliphatic hydroxyl groups excluding tert-OH is 1. The van der Waals surface area contributed by atoms with Gasteiger partial charge in [-0.1, -0.05) is 23.8 Å². The lowest BCUT2D eigenvalue weighted by atomic mass is 9.69. The van der Waals surface area contributed by atoms with Crippen LogP contribution in [-0.2, 0) is 29.0 Å². The van der Waals surface area contributed by atoms with Gasteiger partial charge in [0.25, 0.3) is 0 Å². The summed E-state index contributed by atoms with van der Waals surface area (Å²) in [5.74, 6) is -0.139. The number of hydrogen-bond acceptors (Lipinski definition) is 11. The highest BCUT2D eigenvalue weighted by Crippen LogP contribution is 2.57. The van der Waals surface area contributed by atoms with Crippen LogP contribution in [0.15, 0.2) is 96.2 Å². The molecule has 8 N–H and O–H groups in total. The summed E-state index contributed by atoms with van der Waals surface area (Å²) in [5.41, 5.74) is 20.3. The zero-order valence-electron chi connectivity index (χ0n) is 27.7. The second-order valence-corrected chi connectivity index (χ2v) is 13.8. The van der Waals surface area contributed by atoms with E-state index in [2.05, 4.69) is 28.9 Å². The van der Waals surface area contributed by atoms with Crippen molar-refractivity contribution in [2.24, 2.45) is 17.4 Å². The molecule has 2 aromatic rings. The van der Waals surface area contributed by atoms with Crippen LogP contribution in [0.1, 0.15) is 56.9 Å². The highest BCUT2D eigenvalue weighted by molar-refractivity contribution is 5.92. The number of phenols is 1. The highest BCUT2D eigenvalue weighted by atomic mass is 16.6. The van der Waals surface area contributed by atoms with Crippen LogP contribution in [0.4, 0.5) is 0 Å². The Labute approximate surface area is 283 Å². The molecule has 0 radical (unpaired) electrons. The van der Waals surface area contributed by atoms with Gasteiger partial charge in [-0.25, -0.2) is 4.79 Å². The molecule has 4 atom stereocenters. The fraction of sp³-hybridized carbons (Fsp3) is 0.368. The molecule has 11 heteroatoms. The number of esters is 1. The minimum Gasteiger partial charge on any atom is -0.507 e. The van der Waals surface area contributed by atoms with E-state index in [9.17, 15) is 19.8 Å². The lowest BCUT2D eigenvalue weighted by Crippen LogP contribution is -2.57. The third kappa shape index (κ3) is 4.70. The molecule has 0 saturated heterocycles. The third-order valence-electron chi connectivity index (χ3n) is 11.1. The third-order valence-corrected chi connectivity index (χ3v) is 11.1. The van der Waals surface area contributed by atoms with Gasteiger partial charge in [-0.3, -0.25) is 4.79 Å². The van der Waals surface area contributed by atoms with Gasteiger partial charge in [-0.15, -0.1) is 0 Å². The molecule has 8 rings (SSSR count). The molecule has 0 spiro atoms. The fourth-order valence-corrected chi connectivity index (χ4v) is 8.40. The number of dihydropyridines is 2. The molecule has 254 valence electrons. The van der Waals surface area contributed by atoms with Gasteiger partial charge in [-0.2, -0.15) is 0 Å². The molecule has 0 saturated carbocycles. The van der Waals surface area contributed by atoms with Crippen LogP contribution >= 0.6 is 0 Å². The van der Waals surface area contributed by atoms with E-state index in [0.29, 0.717) is 54.1 Å². The zero-order chi connectivity index (χ0) is 34.4. The average molecular weight is 665 g/mol. The second kappa shape index (κ2) is 11.3. The lowest BCUT2D eigenvalue weighted by molar-refractivity contribution is -0.162. The number of ether oxygens (including phenoxy) is 2. The molecule has 0 amide bonds. The quantitative estimate of drug-likeness (QED) is 0.209. The number of aromatic hydroxyl groups is 1. The van der Waals surface area contributed by atoms with Crippen molar-refractivity contribution in [3.05, 3.63) is 114 Å². The SMILES string of the molecule is C/C=C(/C)C(=O)O[C@@H]1Cc2c3c(c4oc(CO)cc(=O)c4c2O)CC2=CCNC(N)=C2C2=CCC4=C2[C@H](CC2=CNC(N)C=C2C4)[C@]1(C)O3. The Balaban J connectivity index is 1.46. The first kappa shape index (κ1) is 31.3. The van der Waals surface area contributed by atoms with Crippen molar-refractivity contribution >= 4 is 16.9 Å². The topological polar surface area (TPSA) is 182 Å². The number of carbonyl (C=O) groups excluding carboxylic acids is 1. The molecule has 2 aliphatic carbocycles. The summed E-state index contributed by atoms with van der Waals surface area (Å²) in [6.07, 6.45) is 11.2. The summed E-state index contributed by atoms with van der Waals surface area (Å²) in [5, 5.41) is 28.4. The van der Waals surface area contributed by atoms with Crippen molar-refractivity contribution in [2.75, 3.05) is 6.54 Å². The Morgan fingerprint density at radius 1 is 1.18 bits per heavy atom. The molecule has 1 unspecified atom stereocenters. The first-order chi connectivity index (χ1) is 23.5. The van der Waals surface area contributed by atoms with Crippen molar-refractivity contribution in [1.82, 2.24) is 10.6 Å². The van der Waals surface area contributed by atoms with E-state index in [4.69, 9.17) is 25.4 Å². The maximum absolute atomic E-state index is 13.5. The highest BCUT2D eigenvalue weighted by Gasteiger charge is 2.55. The number of carbonyl (C=O) groups is 1. The van der Waals surface area contributed by atoms with Crippen molar-refractivity contribution in [3.8, 4) is 11.5 Å². The normalized spacial score (nSPS) is 27.2. The molecule has 1 aromatic heterocycles. The van der Waals surface area contributed by atoms with Gasteiger partial charge in [0.1, 0.15) is 46.8 Å². The number of rotatable bonds is 3. The molecule has 0 fully saturated rings. The number of hydrogen-bond donors (Lipinski definition) is 6. The van der Waals surface area contributed by atoms with Crippen molar-refractivity contribution in [2.45, 2.75) is 77.4 Å². The van der Waals surface area contributed by atoms with Crippen LogP contribution < -0.4 is 32.3 Å². The van der Waals surface area contributed by atoms with Gasteiger partial charge >= 0.3 is 5.97 Å². The van der Waals surface area contributed by atoms with Gasteiger partial charge in [0.05, 0.1) is 6.17 Å². The Morgan fingerprint density at radius 3 is 2.78 bits per heavy atom. The van der Waals surface area contributed by atoms with Gasteiger partial charge in [-0.05, 0) is 74.0 Å². The van der Waals surface area contributed by atoms with Crippen molar-refractivity contribution in [3.63, 3.8) is 0 Å². The summed E-state index contributed by atoms with van der Waals surface area (Å²) >= 11 is 0. The molecule has 49 heavy (non-hydrogen) atoms. The van der Waals surface area contributed by atoms with E-state index in [1.165, 1.54) is 11.6 Å². The minimum atomic E-state index is -1.17. The van der Waals surface area contributed by atoms with E-state index >= 15 is 0 Å². The number of aliphatic hydroxyl groups is 1. The molecule has 6 aliphatic rings. The van der Waals surface area contributed by atoms with E-state index in [-0.39, 0.29) is 47.4 Å². The zero-order valence-corrected chi connectivity index (χ0v) is 27.7. The van der Waals surface area contributed by atoms with Crippen LogP contribution in [0.3, 0.4) is 0 Å². The smallest absolute Gasteiger partial charge is 0.333 e. The maximum Gasteiger partial charge on any atom is 0.333 e. The average Bonchev–Trinajstić information content (AvgIpc) is 3.39. The number of phenolic OH excluding ortho intramolecular Hbond substituents is 1. The van der Waals surface area contributed by atoms with Crippen LogP contribution in [-0.4, -0.2) is 40.6 Å². The lowest BCUT2D eigenvalue weighted by Gasteiger charge is -2.48. The summed E-state index contributed by atoms with van der Waals surface area (Å²) in [7, 11) is 0. The van der Waals surface area contributed by atoms with E-state index in [1.807, 2.05) is 13.1 Å². The molecule has 1 aromatic carbocycles. The van der Waals surface area contributed by atoms with Crippen LogP contribution in [0.2, 0.25) is 0 Å². The van der Waals surface area contributed by atoms with Gasteiger partial charge in [0.2, 0.25) is 0 Å². The molecule has 5 heterocycles. The van der Waals surface area contributed by atoms with Crippen LogP contribution in [0.5, 0.6) is 11.5 Å². The van der Waals surface area contributed by atoms with E-state index in [1.54, 1.807) is 19.9 Å². The molecule has 11 nitrogen and oxygen atoms in total. The number of nitrogens with one attached hydrogen (secondary N) is 2. The molecular weight excluding hydrogens is 624 g/mol. The Kier molecular flexibility index (Phi) is 7.20. The Bertz CT molecular complexity index is 2150. The molecule has 4 aliphatic heterocycles. The summed E-state index contributed by atoms with van der Waals surface area (Å²) in [6, 6.07) is 1.19. The summed E-state index contributed by atoms with van der Waals surface area (Å²) in [4.78, 5) is 27.1. The largest absolute Gasteiger partial charge is 0.507 e. The Hall–Kier alpha value is -5.00. The first-order valence-electron chi connectivity index (χ1n) is 16.8. The number of fused-ring (bicyclic) bond motifs is 7. The van der Waals surface area contributed by atoms with E-state index < -0.39 is 29.7 Å². The minimum absolute atomic E-state index is 0.0140. The first-order valence-corrected chi connectivity index (χ1v) is 16.8. The number of benzene rings is 1.